The Morgan fingerprint density at radius 2 is 1.57 bits per heavy atom. The van der Waals surface area contributed by atoms with Gasteiger partial charge in [0, 0.05) is 12.3 Å². The van der Waals surface area contributed by atoms with Crippen molar-refractivity contribution in [3.8, 4) is 0 Å². The maximum atomic E-state index is 12.1. The highest BCUT2D eigenvalue weighted by Crippen LogP contribution is 2.77. The van der Waals surface area contributed by atoms with Gasteiger partial charge >= 0.3 is 5.97 Å². The van der Waals surface area contributed by atoms with Gasteiger partial charge in [-0.05, 0) is 116 Å². The van der Waals surface area contributed by atoms with Crippen LogP contribution in [-0.2, 0) is 9.53 Å². The molecule has 3 nitrogen and oxygen atoms in total. The molecule has 0 aromatic heterocycles. The topological polar surface area (TPSA) is 46.5 Å². The normalized spacial score (nSPS) is 54.6. The lowest BCUT2D eigenvalue weighted by molar-refractivity contribution is -0.276. The Hall–Kier alpha value is -0.830. The van der Waals surface area contributed by atoms with Crippen molar-refractivity contribution in [1.29, 1.82) is 0 Å². The van der Waals surface area contributed by atoms with Crippen molar-refractivity contribution in [3.05, 3.63) is 12.2 Å². The highest BCUT2D eigenvalue weighted by molar-refractivity contribution is 5.66. The van der Waals surface area contributed by atoms with Gasteiger partial charge in [0.25, 0.3) is 0 Å². The second-order valence-electron chi connectivity index (χ2n) is 15.4. The molecule has 0 spiro atoms. The summed E-state index contributed by atoms with van der Waals surface area (Å²) in [4.78, 5) is 11.9. The summed E-state index contributed by atoms with van der Waals surface area (Å²) in [5, 5.41) is 12.1. The van der Waals surface area contributed by atoms with E-state index >= 15 is 0 Å². The highest BCUT2D eigenvalue weighted by Gasteiger charge is 2.72. The van der Waals surface area contributed by atoms with Crippen molar-refractivity contribution in [3.63, 3.8) is 0 Å². The minimum atomic E-state index is -0.249. The molecule has 198 valence electrons. The van der Waals surface area contributed by atoms with Crippen molar-refractivity contribution < 1.29 is 14.6 Å². The molecule has 0 aromatic carbocycles. The van der Waals surface area contributed by atoms with Crippen LogP contribution >= 0.6 is 0 Å². The molecule has 0 aliphatic heterocycles. The number of allylic oxidation sites excluding steroid dienone is 1. The molecular weight excluding hydrogens is 432 g/mol. The first-order valence-electron chi connectivity index (χ1n) is 14.6. The Morgan fingerprint density at radius 1 is 0.886 bits per heavy atom. The molecule has 0 bridgehead atoms. The lowest BCUT2D eigenvalue weighted by atomic mass is 9.32. The van der Waals surface area contributed by atoms with E-state index in [1.807, 2.05) is 0 Å². The average Bonchev–Trinajstić information content (AvgIpc) is 3.09. The Morgan fingerprint density at radius 3 is 2.20 bits per heavy atom. The number of carbonyl (C=O) groups excluding carboxylic acids is 1. The number of ether oxygens (including phenoxy) is 1. The Kier molecular flexibility index (Phi) is 5.78. The van der Waals surface area contributed by atoms with Crippen LogP contribution in [0.2, 0.25) is 0 Å². The van der Waals surface area contributed by atoms with E-state index in [9.17, 15) is 9.90 Å². The van der Waals surface area contributed by atoms with Crippen molar-refractivity contribution in [2.24, 2.45) is 56.7 Å². The van der Waals surface area contributed by atoms with Gasteiger partial charge in [-0.2, -0.15) is 0 Å². The smallest absolute Gasteiger partial charge is 0.302 e. The number of aliphatic hydroxyl groups is 1. The molecular formula is C32H52O3. The minimum Gasteiger partial charge on any atom is -0.462 e. The van der Waals surface area contributed by atoms with Gasteiger partial charge in [-0.3, -0.25) is 4.79 Å². The Bertz CT molecular complexity index is 906. The van der Waals surface area contributed by atoms with Crippen LogP contribution in [0.1, 0.15) is 113 Å². The first-order chi connectivity index (χ1) is 16.1. The van der Waals surface area contributed by atoms with E-state index in [0.717, 1.165) is 19.3 Å². The van der Waals surface area contributed by atoms with E-state index < -0.39 is 0 Å². The molecule has 0 aromatic rings. The molecule has 5 rings (SSSR count). The van der Waals surface area contributed by atoms with Gasteiger partial charge in [-0.25, -0.2) is 0 Å². The number of esters is 1. The number of fused-ring (bicyclic) bond motifs is 7. The van der Waals surface area contributed by atoms with E-state index in [1.54, 1.807) is 6.92 Å². The Balaban J connectivity index is 1.54. The third kappa shape index (κ3) is 3.28. The van der Waals surface area contributed by atoms with Crippen LogP contribution in [0.25, 0.3) is 0 Å². The van der Waals surface area contributed by atoms with Gasteiger partial charge in [-0.1, -0.05) is 53.7 Å². The molecule has 0 amide bonds. The van der Waals surface area contributed by atoms with Gasteiger partial charge in [-0.15, -0.1) is 0 Å². The first kappa shape index (κ1) is 25.8. The van der Waals surface area contributed by atoms with Gasteiger partial charge < -0.3 is 9.84 Å². The lowest BCUT2D eigenvalue weighted by Crippen LogP contribution is -2.70. The maximum Gasteiger partial charge on any atom is 0.302 e. The molecule has 11 atom stereocenters. The van der Waals surface area contributed by atoms with Crippen LogP contribution in [0.4, 0.5) is 0 Å². The standard InChI is InChI=1S/C32H52O3/c1-19(2)21-10-13-29(6)16-17-31(8)22(26(21)29)18-23(34)27-30(7)14-12-25(35-20(3)33)28(4,5)24(30)11-15-32(27,31)9/h21-27,34H,1,10-18H2,2-9H3/t21-,22?,23-,24?,25+,26?,27?,29+,30-,31+,32+/m0/s1. The Labute approximate surface area is 214 Å². The summed E-state index contributed by atoms with van der Waals surface area (Å²) in [6, 6.07) is 0. The van der Waals surface area contributed by atoms with Crippen LogP contribution in [0, 0.1) is 56.7 Å². The summed E-state index contributed by atoms with van der Waals surface area (Å²) >= 11 is 0. The molecule has 35 heavy (non-hydrogen) atoms. The van der Waals surface area contributed by atoms with Crippen LogP contribution < -0.4 is 0 Å². The third-order valence-electron chi connectivity index (χ3n) is 13.7. The van der Waals surface area contributed by atoms with Gasteiger partial charge in [0.2, 0.25) is 0 Å². The monoisotopic (exact) mass is 484 g/mol. The zero-order chi connectivity index (χ0) is 25.8. The molecule has 0 heterocycles. The van der Waals surface area contributed by atoms with Crippen molar-refractivity contribution >= 4 is 5.97 Å². The van der Waals surface area contributed by atoms with E-state index in [4.69, 9.17) is 4.74 Å². The summed E-state index contributed by atoms with van der Waals surface area (Å²) < 4.78 is 5.88. The van der Waals surface area contributed by atoms with Gasteiger partial charge in [0.15, 0.2) is 0 Å². The number of hydrogen-bond donors (Lipinski definition) is 1. The van der Waals surface area contributed by atoms with Crippen molar-refractivity contribution in [1.82, 2.24) is 0 Å². The van der Waals surface area contributed by atoms with Crippen LogP contribution in [0.3, 0.4) is 0 Å². The van der Waals surface area contributed by atoms with Gasteiger partial charge in [0.1, 0.15) is 6.10 Å². The molecule has 5 fully saturated rings. The predicted octanol–water partition coefficient (Wildman–Crippen LogP) is 7.57. The quantitative estimate of drug-likeness (QED) is 0.325. The highest BCUT2D eigenvalue weighted by atomic mass is 16.5. The van der Waals surface area contributed by atoms with E-state index in [1.165, 1.54) is 44.1 Å². The molecule has 1 N–H and O–H groups in total. The molecule has 5 aliphatic rings. The van der Waals surface area contributed by atoms with Crippen molar-refractivity contribution in [2.45, 2.75) is 125 Å². The molecule has 5 saturated carbocycles. The summed E-state index contributed by atoms with van der Waals surface area (Å²) in [5.74, 6) is 2.46. The number of hydrogen-bond acceptors (Lipinski definition) is 3. The predicted molar refractivity (Wildman–Crippen MR) is 142 cm³/mol. The SMILES string of the molecule is C=C(C)[C@@H]1CC[C@]2(C)CC[C@]3(C)C(C[C@H](O)C4[C@@]5(C)CC[C@@H](OC(C)=O)C(C)(C)C5CC[C@]43C)C12. The second kappa shape index (κ2) is 7.84. The third-order valence-corrected chi connectivity index (χ3v) is 13.7. The summed E-state index contributed by atoms with van der Waals surface area (Å²) in [6.45, 7) is 23.2. The molecule has 5 aliphatic carbocycles. The van der Waals surface area contributed by atoms with E-state index in [-0.39, 0.29) is 39.8 Å². The zero-order valence-electron chi connectivity index (χ0n) is 23.9. The summed E-state index contributed by atoms with van der Waals surface area (Å²) in [6.07, 6.45) is 10.2. The molecule has 0 radical (unpaired) electrons. The summed E-state index contributed by atoms with van der Waals surface area (Å²) in [7, 11) is 0. The van der Waals surface area contributed by atoms with Crippen LogP contribution in [-0.4, -0.2) is 23.3 Å². The van der Waals surface area contributed by atoms with Crippen LogP contribution in [0.5, 0.6) is 0 Å². The first-order valence-corrected chi connectivity index (χ1v) is 14.6. The summed E-state index contributed by atoms with van der Waals surface area (Å²) in [5.41, 5.74) is 2.16. The number of rotatable bonds is 2. The average molecular weight is 485 g/mol. The fraction of sp³-hybridized carbons (Fsp3) is 0.906. The zero-order valence-corrected chi connectivity index (χ0v) is 23.9. The largest absolute Gasteiger partial charge is 0.462 e. The fourth-order valence-electron chi connectivity index (χ4n) is 11.9. The minimum absolute atomic E-state index is 0.0169. The number of carbonyl (C=O) groups is 1. The number of aliphatic hydroxyl groups excluding tert-OH is 1. The second-order valence-corrected chi connectivity index (χ2v) is 15.4. The van der Waals surface area contributed by atoms with Gasteiger partial charge in [0.05, 0.1) is 6.10 Å². The molecule has 0 saturated heterocycles. The molecule has 4 unspecified atom stereocenters. The van der Waals surface area contributed by atoms with Crippen LogP contribution in [0.15, 0.2) is 12.2 Å². The van der Waals surface area contributed by atoms with Crippen molar-refractivity contribution in [2.75, 3.05) is 0 Å². The van der Waals surface area contributed by atoms with E-state index in [2.05, 4.69) is 55.0 Å². The maximum absolute atomic E-state index is 12.1. The molecule has 3 heteroatoms. The van der Waals surface area contributed by atoms with E-state index in [0.29, 0.717) is 35.0 Å². The fourth-order valence-corrected chi connectivity index (χ4v) is 11.9. The lowest BCUT2D eigenvalue weighted by Gasteiger charge is -2.73.